The number of nitrogen functional groups attached to an aromatic ring is 1. The minimum absolute atomic E-state index is 0.139. The highest BCUT2D eigenvalue weighted by Crippen LogP contribution is 2.12. The van der Waals surface area contributed by atoms with Gasteiger partial charge in [0.2, 0.25) is 5.56 Å². The third-order valence-corrected chi connectivity index (χ3v) is 2.70. The summed E-state index contributed by atoms with van der Waals surface area (Å²) in [6.45, 7) is 1.73. The van der Waals surface area contributed by atoms with Crippen LogP contribution >= 0.6 is 0 Å². The van der Waals surface area contributed by atoms with Gasteiger partial charge in [-0.1, -0.05) is 0 Å². The third kappa shape index (κ3) is 2.79. The topological polar surface area (TPSA) is 90.0 Å². The molecular formula is C13H14N4O2. The number of carbonyl (C=O) groups is 1. The first-order valence-electron chi connectivity index (χ1n) is 5.67. The minimum atomic E-state index is -0.309. The fourth-order valence-electron chi connectivity index (χ4n) is 1.65. The van der Waals surface area contributed by atoms with Crippen molar-refractivity contribution in [3.05, 3.63) is 52.2 Å². The number of aromatic nitrogens is 2. The standard InChI is InChI=1S/C13H14N4O2/c1-8-11(5-9(14)6-15-8)13(19)16-10-3-4-12(18)17(2)7-10/h3-7H,14H2,1-2H3,(H,16,19). The Hall–Kier alpha value is -2.63. The van der Waals surface area contributed by atoms with E-state index in [1.807, 2.05) is 0 Å². The van der Waals surface area contributed by atoms with Gasteiger partial charge in [-0.15, -0.1) is 0 Å². The maximum atomic E-state index is 12.1. The summed E-state index contributed by atoms with van der Waals surface area (Å²) in [6, 6.07) is 4.51. The van der Waals surface area contributed by atoms with Crippen LogP contribution < -0.4 is 16.6 Å². The lowest BCUT2D eigenvalue weighted by atomic mass is 10.2. The van der Waals surface area contributed by atoms with Crippen LogP contribution in [0.5, 0.6) is 0 Å². The van der Waals surface area contributed by atoms with Gasteiger partial charge < -0.3 is 15.6 Å². The van der Waals surface area contributed by atoms with Crippen LogP contribution in [0.15, 0.2) is 35.4 Å². The second-order valence-electron chi connectivity index (χ2n) is 4.22. The number of carbonyl (C=O) groups excluding carboxylic acids is 1. The van der Waals surface area contributed by atoms with Crippen molar-refractivity contribution in [2.75, 3.05) is 11.1 Å². The van der Waals surface area contributed by atoms with Crippen LogP contribution in [0.4, 0.5) is 11.4 Å². The lowest BCUT2D eigenvalue weighted by Gasteiger charge is -2.08. The number of anilines is 2. The van der Waals surface area contributed by atoms with Crippen LogP contribution in [0.25, 0.3) is 0 Å². The molecule has 1 amide bonds. The van der Waals surface area contributed by atoms with Gasteiger partial charge in [-0.3, -0.25) is 14.6 Å². The molecule has 0 saturated carbocycles. The summed E-state index contributed by atoms with van der Waals surface area (Å²) in [6.07, 6.45) is 3.05. The molecule has 2 heterocycles. The number of amides is 1. The van der Waals surface area contributed by atoms with Crippen LogP contribution in [0.2, 0.25) is 0 Å². The largest absolute Gasteiger partial charge is 0.397 e. The van der Waals surface area contributed by atoms with Gasteiger partial charge in [-0.25, -0.2) is 0 Å². The van der Waals surface area contributed by atoms with Crippen molar-refractivity contribution in [1.82, 2.24) is 9.55 Å². The number of pyridine rings is 2. The molecule has 0 saturated heterocycles. The molecule has 2 aromatic rings. The molecule has 0 unspecified atom stereocenters. The fraction of sp³-hybridized carbons (Fsp3) is 0.154. The average Bonchev–Trinajstić information content (AvgIpc) is 2.36. The summed E-state index contributed by atoms with van der Waals surface area (Å²) < 4.78 is 1.39. The van der Waals surface area contributed by atoms with Crippen LogP contribution in [-0.2, 0) is 7.05 Å². The molecule has 0 spiro atoms. The van der Waals surface area contributed by atoms with Gasteiger partial charge in [-0.05, 0) is 19.1 Å². The molecule has 0 atom stereocenters. The molecule has 0 aliphatic rings. The zero-order valence-electron chi connectivity index (χ0n) is 10.7. The van der Waals surface area contributed by atoms with E-state index >= 15 is 0 Å². The van der Waals surface area contributed by atoms with E-state index in [4.69, 9.17) is 5.73 Å². The molecule has 2 rings (SSSR count). The van der Waals surface area contributed by atoms with Crippen molar-refractivity contribution < 1.29 is 4.79 Å². The summed E-state index contributed by atoms with van der Waals surface area (Å²) in [5.74, 6) is -0.309. The maximum Gasteiger partial charge on any atom is 0.257 e. The van der Waals surface area contributed by atoms with E-state index in [0.29, 0.717) is 22.6 Å². The van der Waals surface area contributed by atoms with Gasteiger partial charge >= 0.3 is 0 Å². The number of nitrogens with zero attached hydrogens (tertiary/aromatic N) is 2. The molecule has 0 bridgehead atoms. The third-order valence-electron chi connectivity index (χ3n) is 2.70. The number of hydrogen-bond donors (Lipinski definition) is 2. The molecule has 98 valence electrons. The molecule has 0 aliphatic heterocycles. The number of nitrogens with two attached hydrogens (primary N) is 1. The molecule has 0 radical (unpaired) electrons. The number of aryl methyl sites for hydroxylation is 2. The molecular weight excluding hydrogens is 244 g/mol. The Balaban J connectivity index is 2.28. The molecule has 0 fully saturated rings. The molecule has 6 nitrogen and oxygen atoms in total. The van der Waals surface area contributed by atoms with Gasteiger partial charge in [-0.2, -0.15) is 0 Å². The smallest absolute Gasteiger partial charge is 0.257 e. The average molecular weight is 258 g/mol. The van der Waals surface area contributed by atoms with Gasteiger partial charge in [0.1, 0.15) is 0 Å². The molecule has 3 N–H and O–H groups in total. The van der Waals surface area contributed by atoms with E-state index in [2.05, 4.69) is 10.3 Å². The Bertz CT molecular complexity index is 691. The second kappa shape index (κ2) is 4.93. The van der Waals surface area contributed by atoms with Crippen molar-refractivity contribution in [2.24, 2.45) is 7.05 Å². The van der Waals surface area contributed by atoms with Crippen molar-refractivity contribution in [3.8, 4) is 0 Å². The van der Waals surface area contributed by atoms with E-state index in [1.165, 1.54) is 16.8 Å². The highest BCUT2D eigenvalue weighted by molar-refractivity contribution is 6.05. The summed E-state index contributed by atoms with van der Waals surface area (Å²) in [7, 11) is 1.62. The zero-order valence-corrected chi connectivity index (χ0v) is 10.7. The normalized spacial score (nSPS) is 10.2. The lowest BCUT2D eigenvalue weighted by Crippen LogP contribution is -2.18. The Kier molecular flexibility index (Phi) is 3.33. The maximum absolute atomic E-state index is 12.1. The van der Waals surface area contributed by atoms with E-state index in [-0.39, 0.29) is 11.5 Å². The Labute approximate surface area is 109 Å². The Morgan fingerprint density at radius 2 is 2.16 bits per heavy atom. The predicted molar refractivity (Wildman–Crippen MR) is 73.0 cm³/mol. The second-order valence-corrected chi connectivity index (χ2v) is 4.22. The van der Waals surface area contributed by atoms with Crippen molar-refractivity contribution >= 4 is 17.3 Å². The van der Waals surface area contributed by atoms with E-state index in [9.17, 15) is 9.59 Å². The molecule has 0 aromatic carbocycles. The molecule has 6 heteroatoms. The molecule has 0 aliphatic carbocycles. The van der Waals surface area contributed by atoms with Gasteiger partial charge in [0, 0.05) is 19.3 Å². The van der Waals surface area contributed by atoms with Crippen molar-refractivity contribution in [1.29, 1.82) is 0 Å². The highest BCUT2D eigenvalue weighted by atomic mass is 16.1. The quantitative estimate of drug-likeness (QED) is 0.838. The fourth-order valence-corrected chi connectivity index (χ4v) is 1.65. The van der Waals surface area contributed by atoms with Crippen LogP contribution in [0.3, 0.4) is 0 Å². The Morgan fingerprint density at radius 1 is 1.42 bits per heavy atom. The van der Waals surface area contributed by atoms with Gasteiger partial charge in [0.05, 0.1) is 28.8 Å². The minimum Gasteiger partial charge on any atom is -0.397 e. The van der Waals surface area contributed by atoms with E-state index in [1.54, 1.807) is 32.3 Å². The first kappa shape index (κ1) is 12.8. The summed E-state index contributed by atoms with van der Waals surface area (Å²) in [4.78, 5) is 27.4. The van der Waals surface area contributed by atoms with Crippen LogP contribution in [-0.4, -0.2) is 15.5 Å². The van der Waals surface area contributed by atoms with Crippen LogP contribution in [0, 0.1) is 6.92 Å². The summed E-state index contributed by atoms with van der Waals surface area (Å²) in [5, 5.41) is 2.70. The van der Waals surface area contributed by atoms with Crippen LogP contribution in [0.1, 0.15) is 16.1 Å². The van der Waals surface area contributed by atoms with Gasteiger partial charge in [0.25, 0.3) is 5.91 Å². The first-order chi connectivity index (χ1) is 8.97. The molecule has 19 heavy (non-hydrogen) atoms. The summed E-state index contributed by atoms with van der Waals surface area (Å²) >= 11 is 0. The number of rotatable bonds is 2. The SMILES string of the molecule is Cc1ncc(N)cc1C(=O)Nc1ccc(=O)n(C)c1. The first-order valence-corrected chi connectivity index (χ1v) is 5.67. The Morgan fingerprint density at radius 3 is 2.84 bits per heavy atom. The lowest BCUT2D eigenvalue weighted by molar-refractivity contribution is 0.102. The zero-order chi connectivity index (χ0) is 14.0. The van der Waals surface area contributed by atoms with E-state index < -0.39 is 0 Å². The van der Waals surface area contributed by atoms with E-state index in [0.717, 1.165) is 0 Å². The highest BCUT2D eigenvalue weighted by Gasteiger charge is 2.11. The predicted octanol–water partition coefficient (Wildman–Crippen LogP) is 0.923. The number of nitrogens with one attached hydrogen (secondary N) is 1. The summed E-state index contributed by atoms with van der Waals surface area (Å²) in [5.41, 5.74) is 7.44. The van der Waals surface area contributed by atoms with Gasteiger partial charge in [0.15, 0.2) is 0 Å². The van der Waals surface area contributed by atoms with Crippen molar-refractivity contribution in [2.45, 2.75) is 6.92 Å². The van der Waals surface area contributed by atoms with Crippen molar-refractivity contribution in [3.63, 3.8) is 0 Å². The monoisotopic (exact) mass is 258 g/mol. The molecule has 2 aromatic heterocycles. The number of hydrogen-bond acceptors (Lipinski definition) is 4.